The first-order valence-corrected chi connectivity index (χ1v) is 8.14. The van der Waals surface area contributed by atoms with Gasteiger partial charge in [0.25, 0.3) is 0 Å². The van der Waals surface area contributed by atoms with Crippen LogP contribution in [0.3, 0.4) is 0 Å². The first-order valence-electron chi connectivity index (χ1n) is 8.14. The molecule has 1 heterocycles. The maximum Gasteiger partial charge on any atom is 0.0223 e. The number of piperazine rings is 1. The minimum atomic E-state index is 0.762. The third-order valence-electron chi connectivity index (χ3n) is 4.89. The van der Waals surface area contributed by atoms with Crippen molar-refractivity contribution in [3.05, 3.63) is 0 Å². The summed E-state index contributed by atoms with van der Waals surface area (Å²) in [6, 6.07) is 1.53. The molecule has 0 amide bonds. The SMILES string of the molecule is CC(C)CC(C)N1CCNC(C2CCCCC2)C1. The van der Waals surface area contributed by atoms with Gasteiger partial charge in [-0.15, -0.1) is 0 Å². The quantitative estimate of drug-likeness (QED) is 0.826. The van der Waals surface area contributed by atoms with E-state index in [0.717, 1.165) is 23.9 Å². The monoisotopic (exact) mass is 252 g/mol. The molecule has 2 atom stereocenters. The molecule has 1 saturated carbocycles. The summed E-state index contributed by atoms with van der Waals surface area (Å²) in [5.41, 5.74) is 0. The molecular weight excluding hydrogens is 220 g/mol. The second-order valence-electron chi connectivity index (χ2n) is 6.93. The van der Waals surface area contributed by atoms with Gasteiger partial charge in [-0.25, -0.2) is 0 Å². The molecule has 1 N–H and O–H groups in total. The summed E-state index contributed by atoms with van der Waals surface area (Å²) in [4.78, 5) is 2.73. The molecular formula is C16H32N2. The van der Waals surface area contributed by atoms with Gasteiger partial charge in [-0.1, -0.05) is 33.1 Å². The Labute approximate surface area is 114 Å². The lowest BCUT2D eigenvalue weighted by molar-refractivity contribution is 0.105. The molecule has 2 nitrogen and oxygen atoms in total. The van der Waals surface area contributed by atoms with Crippen LogP contribution in [0.5, 0.6) is 0 Å². The van der Waals surface area contributed by atoms with Crippen molar-refractivity contribution in [3.8, 4) is 0 Å². The Bertz CT molecular complexity index is 233. The van der Waals surface area contributed by atoms with Gasteiger partial charge in [0.15, 0.2) is 0 Å². The first kappa shape index (κ1) is 14.3. The summed E-state index contributed by atoms with van der Waals surface area (Å²) in [6.45, 7) is 10.8. The molecule has 1 aliphatic carbocycles. The Balaban J connectivity index is 1.83. The van der Waals surface area contributed by atoms with Crippen LogP contribution in [0.15, 0.2) is 0 Å². The zero-order valence-electron chi connectivity index (χ0n) is 12.6. The summed E-state index contributed by atoms with van der Waals surface area (Å²) in [6.07, 6.45) is 8.66. The average Bonchev–Trinajstić information content (AvgIpc) is 2.39. The zero-order valence-corrected chi connectivity index (χ0v) is 12.6. The maximum absolute atomic E-state index is 3.79. The molecule has 2 rings (SSSR count). The van der Waals surface area contributed by atoms with Crippen LogP contribution in [0.1, 0.15) is 59.3 Å². The van der Waals surface area contributed by atoms with Crippen molar-refractivity contribution in [2.45, 2.75) is 71.4 Å². The molecule has 1 aliphatic heterocycles. The van der Waals surface area contributed by atoms with Crippen LogP contribution in [0.25, 0.3) is 0 Å². The highest BCUT2D eigenvalue weighted by molar-refractivity contribution is 4.87. The number of hydrogen-bond donors (Lipinski definition) is 1. The third kappa shape index (κ3) is 3.96. The van der Waals surface area contributed by atoms with E-state index in [1.165, 1.54) is 58.2 Å². The number of rotatable bonds is 4. The molecule has 106 valence electrons. The first-order chi connectivity index (χ1) is 8.66. The summed E-state index contributed by atoms with van der Waals surface area (Å²) in [5.74, 6) is 1.77. The molecule has 0 spiro atoms. The lowest BCUT2D eigenvalue weighted by Crippen LogP contribution is -2.56. The van der Waals surface area contributed by atoms with Crippen LogP contribution >= 0.6 is 0 Å². The Kier molecular flexibility index (Phi) is 5.50. The van der Waals surface area contributed by atoms with Crippen molar-refractivity contribution >= 4 is 0 Å². The van der Waals surface area contributed by atoms with Crippen LogP contribution in [0, 0.1) is 11.8 Å². The van der Waals surface area contributed by atoms with E-state index in [9.17, 15) is 0 Å². The third-order valence-corrected chi connectivity index (χ3v) is 4.89. The van der Waals surface area contributed by atoms with Crippen LogP contribution in [0.2, 0.25) is 0 Å². The highest BCUT2D eigenvalue weighted by atomic mass is 15.2. The number of nitrogens with one attached hydrogen (secondary N) is 1. The average molecular weight is 252 g/mol. The van der Waals surface area contributed by atoms with E-state index < -0.39 is 0 Å². The van der Waals surface area contributed by atoms with Gasteiger partial charge in [-0.2, -0.15) is 0 Å². The highest BCUT2D eigenvalue weighted by Gasteiger charge is 2.29. The Morgan fingerprint density at radius 1 is 1.11 bits per heavy atom. The Hall–Kier alpha value is -0.0800. The predicted octanol–water partition coefficient (Wildman–Crippen LogP) is 3.28. The lowest BCUT2D eigenvalue weighted by Gasteiger charge is -2.42. The van der Waals surface area contributed by atoms with Gasteiger partial charge < -0.3 is 5.32 Å². The molecule has 18 heavy (non-hydrogen) atoms. The smallest absolute Gasteiger partial charge is 0.0223 e. The van der Waals surface area contributed by atoms with Crippen molar-refractivity contribution in [2.75, 3.05) is 19.6 Å². The number of hydrogen-bond acceptors (Lipinski definition) is 2. The van der Waals surface area contributed by atoms with E-state index in [4.69, 9.17) is 0 Å². The fourth-order valence-electron chi connectivity index (χ4n) is 3.89. The summed E-state index contributed by atoms with van der Waals surface area (Å²) in [5, 5.41) is 3.79. The topological polar surface area (TPSA) is 15.3 Å². The molecule has 0 aromatic carbocycles. The summed E-state index contributed by atoms with van der Waals surface area (Å²) in [7, 11) is 0. The van der Waals surface area contributed by atoms with E-state index >= 15 is 0 Å². The van der Waals surface area contributed by atoms with Crippen molar-refractivity contribution in [3.63, 3.8) is 0 Å². The molecule has 0 aromatic rings. The molecule has 0 radical (unpaired) electrons. The molecule has 0 bridgehead atoms. The fraction of sp³-hybridized carbons (Fsp3) is 1.00. The largest absolute Gasteiger partial charge is 0.311 e. The number of nitrogens with zero attached hydrogens (tertiary/aromatic N) is 1. The van der Waals surface area contributed by atoms with E-state index in [1.807, 2.05) is 0 Å². The molecule has 1 saturated heterocycles. The summed E-state index contributed by atoms with van der Waals surface area (Å²) >= 11 is 0. The van der Waals surface area contributed by atoms with Crippen LogP contribution < -0.4 is 5.32 Å². The van der Waals surface area contributed by atoms with E-state index in [0.29, 0.717) is 0 Å². The fourth-order valence-corrected chi connectivity index (χ4v) is 3.89. The van der Waals surface area contributed by atoms with Gasteiger partial charge in [0.2, 0.25) is 0 Å². The van der Waals surface area contributed by atoms with E-state index in [2.05, 4.69) is 31.0 Å². The van der Waals surface area contributed by atoms with Gasteiger partial charge in [0, 0.05) is 31.7 Å². The lowest BCUT2D eigenvalue weighted by atomic mass is 9.83. The van der Waals surface area contributed by atoms with Gasteiger partial charge in [-0.05, 0) is 38.0 Å². The van der Waals surface area contributed by atoms with Gasteiger partial charge in [-0.3, -0.25) is 4.90 Å². The second-order valence-corrected chi connectivity index (χ2v) is 6.93. The van der Waals surface area contributed by atoms with Crippen LogP contribution in [-0.2, 0) is 0 Å². The van der Waals surface area contributed by atoms with Crippen molar-refractivity contribution in [2.24, 2.45) is 11.8 Å². The minimum absolute atomic E-state index is 0.762. The summed E-state index contributed by atoms with van der Waals surface area (Å²) < 4.78 is 0. The molecule has 2 aliphatic rings. The predicted molar refractivity (Wildman–Crippen MR) is 78.9 cm³/mol. The minimum Gasteiger partial charge on any atom is -0.311 e. The molecule has 2 fully saturated rings. The van der Waals surface area contributed by atoms with Gasteiger partial charge >= 0.3 is 0 Å². The van der Waals surface area contributed by atoms with Gasteiger partial charge in [0.1, 0.15) is 0 Å². The second kappa shape index (κ2) is 6.91. The van der Waals surface area contributed by atoms with Crippen LogP contribution in [-0.4, -0.2) is 36.6 Å². The normalized spacial score (nSPS) is 29.7. The zero-order chi connectivity index (χ0) is 13.0. The van der Waals surface area contributed by atoms with E-state index in [-0.39, 0.29) is 0 Å². The maximum atomic E-state index is 3.79. The van der Waals surface area contributed by atoms with Gasteiger partial charge in [0.05, 0.1) is 0 Å². The standard InChI is InChI=1S/C16H32N2/c1-13(2)11-14(3)18-10-9-17-16(12-18)15-7-5-4-6-8-15/h13-17H,4-12H2,1-3H3. The molecule has 0 aromatic heterocycles. The van der Waals surface area contributed by atoms with Crippen molar-refractivity contribution in [1.82, 2.24) is 10.2 Å². The molecule has 2 unspecified atom stereocenters. The van der Waals surface area contributed by atoms with E-state index in [1.54, 1.807) is 0 Å². The van der Waals surface area contributed by atoms with Crippen molar-refractivity contribution < 1.29 is 0 Å². The Morgan fingerprint density at radius 2 is 1.83 bits per heavy atom. The Morgan fingerprint density at radius 3 is 2.50 bits per heavy atom. The highest BCUT2D eigenvalue weighted by Crippen LogP contribution is 2.28. The van der Waals surface area contributed by atoms with Crippen molar-refractivity contribution in [1.29, 1.82) is 0 Å². The molecule has 2 heteroatoms. The van der Waals surface area contributed by atoms with Crippen LogP contribution in [0.4, 0.5) is 0 Å².